The first-order valence-electron chi connectivity index (χ1n) is 10.5. The number of nitrogens with one attached hydrogen (secondary N) is 2. The van der Waals surface area contributed by atoms with E-state index in [4.69, 9.17) is 0 Å². The van der Waals surface area contributed by atoms with Gasteiger partial charge in [0, 0.05) is 37.1 Å². The van der Waals surface area contributed by atoms with E-state index in [0.717, 1.165) is 42.6 Å². The van der Waals surface area contributed by atoms with Crippen molar-refractivity contribution in [2.24, 2.45) is 7.05 Å². The summed E-state index contributed by atoms with van der Waals surface area (Å²) in [7, 11) is 1.90. The molecule has 0 aromatic carbocycles. The normalized spacial score (nSPS) is 15.2. The number of rotatable bonds is 7. The van der Waals surface area contributed by atoms with E-state index in [1.165, 1.54) is 22.9 Å². The maximum atomic E-state index is 12.5. The van der Waals surface area contributed by atoms with Gasteiger partial charge in [0.2, 0.25) is 5.91 Å². The number of pyridine rings is 1. The molecule has 2 N–H and O–H groups in total. The van der Waals surface area contributed by atoms with Gasteiger partial charge in [-0.25, -0.2) is 0 Å². The van der Waals surface area contributed by atoms with Gasteiger partial charge in [0.05, 0.1) is 11.3 Å². The molecule has 162 valence electrons. The summed E-state index contributed by atoms with van der Waals surface area (Å²) in [5.41, 5.74) is 3.23. The maximum absolute atomic E-state index is 12.5. The van der Waals surface area contributed by atoms with E-state index in [-0.39, 0.29) is 36.0 Å². The van der Waals surface area contributed by atoms with E-state index in [2.05, 4.69) is 15.7 Å². The standard InChI is InChI=1S/C22H31N5O3/c1-14(11-19-15(2)25-26(4)16(19)3)23-20(28)13-27-12-17(9-10-21(27)29)22(30)24-18-7-5-6-8-18/h9-10,12,14,18H,5-8,11,13H2,1-4H3,(H,23,28)(H,24,30)/t14-/m0/s1. The Kier molecular flexibility index (Phi) is 6.74. The number of nitrogens with zero attached hydrogens (tertiary/aromatic N) is 3. The first-order valence-corrected chi connectivity index (χ1v) is 10.5. The third-order valence-corrected chi connectivity index (χ3v) is 5.83. The summed E-state index contributed by atoms with van der Waals surface area (Å²) in [6.45, 7) is 5.76. The average Bonchev–Trinajstić information content (AvgIpc) is 3.27. The van der Waals surface area contributed by atoms with Crippen LogP contribution in [-0.4, -0.2) is 38.2 Å². The molecular formula is C22H31N5O3. The first-order chi connectivity index (χ1) is 14.2. The Labute approximate surface area is 176 Å². The summed E-state index contributed by atoms with van der Waals surface area (Å²) in [5.74, 6) is -0.468. The fourth-order valence-electron chi connectivity index (χ4n) is 4.07. The van der Waals surface area contributed by atoms with Crippen LogP contribution >= 0.6 is 0 Å². The van der Waals surface area contributed by atoms with Gasteiger partial charge in [-0.15, -0.1) is 0 Å². The van der Waals surface area contributed by atoms with Gasteiger partial charge in [-0.05, 0) is 51.7 Å². The molecule has 2 aromatic heterocycles. The fourth-order valence-corrected chi connectivity index (χ4v) is 4.07. The minimum Gasteiger partial charge on any atom is -0.352 e. The number of hydrogen-bond donors (Lipinski definition) is 2. The molecule has 2 amide bonds. The van der Waals surface area contributed by atoms with Crippen LogP contribution in [0.2, 0.25) is 0 Å². The van der Waals surface area contributed by atoms with E-state index in [1.807, 2.05) is 32.5 Å². The molecule has 0 saturated heterocycles. The van der Waals surface area contributed by atoms with Gasteiger partial charge < -0.3 is 15.2 Å². The summed E-state index contributed by atoms with van der Waals surface area (Å²) in [5, 5.41) is 10.3. The highest BCUT2D eigenvalue weighted by atomic mass is 16.2. The second-order valence-corrected chi connectivity index (χ2v) is 8.28. The van der Waals surface area contributed by atoms with Gasteiger partial charge in [-0.1, -0.05) is 12.8 Å². The number of amides is 2. The molecule has 1 aliphatic rings. The van der Waals surface area contributed by atoms with Crippen molar-refractivity contribution < 1.29 is 9.59 Å². The highest BCUT2D eigenvalue weighted by Gasteiger charge is 2.19. The Morgan fingerprint density at radius 2 is 1.93 bits per heavy atom. The van der Waals surface area contributed by atoms with Crippen LogP contribution in [0.15, 0.2) is 23.1 Å². The van der Waals surface area contributed by atoms with Crippen LogP contribution in [0.25, 0.3) is 0 Å². The van der Waals surface area contributed by atoms with E-state index in [0.29, 0.717) is 12.0 Å². The molecule has 0 bridgehead atoms. The second kappa shape index (κ2) is 9.28. The smallest absolute Gasteiger partial charge is 0.252 e. The molecule has 2 aromatic rings. The van der Waals surface area contributed by atoms with Crippen molar-refractivity contribution in [2.45, 2.75) is 71.5 Å². The quantitative estimate of drug-likeness (QED) is 0.721. The molecular weight excluding hydrogens is 382 g/mol. The van der Waals surface area contributed by atoms with Crippen LogP contribution in [0, 0.1) is 13.8 Å². The van der Waals surface area contributed by atoms with Crippen molar-refractivity contribution in [3.63, 3.8) is 0 Å². The maximum Gasteiger partial charge on any atom is 0.252 e. The third kappa shape index (κ3) is 5.17. The molecule has 8 nitrogen and oxygen atoms in total. The lowest BCUT2D eigenvalue weighted by atomic mass is 10.1. The van der Waals surface area contributed by atoms with Crippen molar-refractivity contribution in [3.8, 4) is 0 Å². The Hall–Kier alpha value is -2.90. The van der Waals surface area contributed by atoms with Crippen LogP contribution in [0.4, 0.5) is 0 Å². The average molecular weight is 414 g/mol. The van der Waals surface area contributed by atoms with E-state index in [9.17, 15) is 14.4 Å². The number of hydrogen-bond acceptors (Lipinski definition) is 4. The van der Waals surface area contributed by atoms with Crippen molar-refractivity contribution >= 4 is 11.8 Å². The minimum atomic E-state index is -0.311. The lowest BCUT2D eigenvalue weighted by molar-refractivity contribution is -0.122. The highest BCUT2D eigenvalue weighted by Crippen LogP contribution is 2.18. The molecule has 0 aliphatic heterocycles. The Bertz CT molecular complexity index is 985. The van der Waals surface area contributed by atoms with Crippen molar-refractivity contribution in [1.29, 1.82) is 0 Å². The zero-order valence-corrected chi connectivity index (χ0v) is 18.2. The zero-order valence-electron chi connectivity index (χ0n) is 18.2. The highest BCUT2D eigenvalue weighted by molar-refractivity contribution is 5.94. The Morgan fingerprint density at radius 3 is 2.57 bits per heavy atom. The lowest BCUT2D eigenvalue weighted by Gasteiger charge is -2.16. The number of aryl methyl sites for hydroxylation is 2. The number of aromatic nitrogens is 3. The van der Waals surface area contributed by atoms with E-state index >= 15 is 0 Å². The molecule has 30 heavy (non-hydrogen) atoms. The van der Waals surface area contributed by atoms with Gasteiger partial charge in [0.15, 0.2) is 0 Å². The zero-order chi connectivity index (χ0) is 21.8. The topological polar surface area (TPSA) is 98.0 Å². The molecule has 1 fully saturated rings. The summed E-state index contributed by atoms with van der Waals surface area (Å²) >= 11 is 0. The predicted molar refractivity (Wildman–Crippen MR) is 114 cm³/mol. The molecule has 1 saturated carbocycles. The molecule has 0 spiro atoms. The van der Waals surface area contributed by atoms with E-state index < -0.39 is 0 Å². The third-order valence-electron chi connectivity index (χ3n) is 5.83. The van der Waals surface area contributed by atoms with Crippen LogP contribution in [0.3, 0.4) is 0 Å². The summed E-state index contributed by atoms with van der Waals surface area (Å²) < 4.78 is 3.12. The second-order valence-electron chi connectivity index (χ2n) is 8.28. The van der Waals surface area contributed by atoms with E-state index in [1.54, 1.807) is 0 Å². The fraction of sp³-hybridized carbons (Fsp3) is 0.545. The van der Waals surface area contributed by atoms with Gasteiger partial charge in [-0.3, -0.25) is 19.1 Å². The minimum absolute atomic E-state index is 0.108. The molecule has 3 rings (SSSR count). The molecule has 8 heteroatoms. The SMILES string of the molecule is Cc1nn(C)c(C)c1C[C@H](C)NC(=O)Cn1cc(C(=O)NC2CCCC2)ccc1=O. The first kappa shape index (κ1) is 21.8. The summed E-state index contributed by atoms with van der Waals surface area (Å²) in [4.78, 5) is 37.2. The van der Waals surface area contributed by atoms with Gasteiger partial charge in [-0.2, -0.15) is 5.10 Å². The molecule has 2 heterocycles. The molecule has 1 atom stereocenters. The summed E-state index contributed by atoms with van der Waals surface area (Å²) in [6, 6.07) is 2.94. The van der Waals surface area contributed by atoms with Gasteiger partial charge in [0.1, 0.15) is 6.54 Å². The predicted octanol–water partition coefficient (Wildman–Crippen LogP) is 1.62. The Balaban J connectivity index is 1.61. The molecule has 0 unspecified atom stereocenters. The largest absolute Gasteiger partial charge is 0.352 e. The van der Waals surface area contributed by atoms with Crippen LogP contribution in [0.1, 0.15) is 59.9 Å². The lowest BCUT2D eigenvalue weighted by Crippen LogP contribution is -2.39. The monoisotopic (exact) mass is 413 g/mol. The van der Waals surface area contributed by atoms with Crippen molar-refractivity contribution in [2.75, 3.05) is 0 Å². The molecule has 1 aliphatic carbocycles. The molecule has 0 radical (unpaired) electrons. The van der Waals surface area contributed by atoms with Crippen LogP contribution in [0.5, 0.6) is 0 Å². The van der Waals surface area contributed by atoms with Crippen LogP contribution in [-0.2, 0) is 24.8 Å². The van der Waals surface area contributed by atoms with Gasteiger partial charge in [0.25, 0.3) is 11.5 Å². The van der Waals surface area contributed by atoms with Crippen LogP contribution < -0.4 is 16.2 Å². The Morgan fingerprint density at radius 1 is 1.23 bits per heavy atom. The number of carbonyl (C=O) groups is 2. The van der Waals surface area contributed by atoms with Gasteiger partial charge >= 0.3 is 0 Å². The van der Waals surface area contributed by atoms with Crippen molar-refractivity contribution in [1.82, 2.24) is 25.0 Å². The number of carbonyl (C=O) groups excluding carboxylic acids is 2. The van der Waals surface area contributed by atoms with Crippen molar-refractivity contribution in [3.05, 3.63) is 51.2 Å². The summed E-state index contributed by atoms with van der Waals surface area (Å²) in [6.07, 6.45) is 6.35.